The summed E-state index contributed by atoms with van der Waals surface area (Å²) in [5.74, 6) is 0.562. The zero-order valence-electron chi connectivity index (χ0n) is 12.6. The van der Waals surface area contributed by atoms with Crippen LogP contribution in [-0.2, 0) is 6.42 Å². The van der Waals surface area contributed by atoms with E-state index >= 15 is 0 Å². The van der Waals surface area contributed by atoms with Crippen molar-refractivity contribution >= 4 is 28.7 Å². The molecule has 1 aliphatic heterocycles. The molecule has 0 radical (unpaired) electrons. The van der Waals surface area contributed by atoms with Crippen molar-refractivity contribution in [3.8, 4) is 11.3 Å². The quantitative estimate of drug-likeness (QED) is 0.653. The second-order valence-corrected chi connectivity index (χ2v) is 6.10. The zero-order chi connectivity index (χ0) is 16.1. The first kappa shape index (κ1) is 14.3. The van der Waals surface area contributed by atoms with Gasteiger partial charge in [-0.25, -0.2) is 19.3 Å². The number of hydrogen-bond acceptors (Lipinski definition) is 3. The van der Waals surface area contributed by atoms with E-state index in [1.807, 2.05) is 12.1 Å². The van der Waals surface area contributed by atoms with Gasteiger partial charge in [-0.1, -0.05) is 12.7 Å². The topological polar surface area (TPSA) is 43.6 Å². The van der Waals surface area contributed by atoms with Crippen LogP contribution in [0.5, 0.6) is 0 Å². The monoisotopic (exact) mass is 328 g/mol. The molecule has 23 heavy (non-hydrogen) atoms. The molecule has 0 N–H and O–H groups in total. The van der Waals surface area contributed by atoms with Gasteiger partial charge in [0.05, 0.1) is 17.2 Å². The number of halogens is 2. The van der Waals surface area contributed by atoms with Gasteiger partial charge in [0.1, 0.15) is 11.5 Å². The van der Waals surface area contributed by atoms with Gasteiger partial charge in [0.2, 0.25) is 5.28 Å². The minimum absolute atomic E-state index is 0.0218. The molecule has 0 fully saturated rings. The number of aryl methyl sites for hydroxylation is 1. The molecule has 1 atom stereocenters. The number of fused-ring (bicyclic) bond motifs is 3. The number of imidazole rings is 1. The lowest BCUT2D eigenvalue weighted by Crippen LogP contribution is -1.99. The first-order valence-electron chi connectivity index (χ1n) is 7.44. The zero-order valence-corrected chi connectivity index (χ0v) is 13.3. The van der Waals surface area contributed by atoms with E-state index in [0.29, 0.717) is 11.6 Å². The maximum Gasteiger partial charge on any atom is 0.223 e. The molecule has 4 rings (SSSR count). The average Bonchev–Trinajstić information content (AvgIpc) is 3.09. The summed E-state index contributed by atoms with van der Waals surface area (Å²) >= 11 is 5.83. The van der Waals surface area contributed by atoms with E-state index in [9.17, 15) is 4.39 Å². The summed E-state index contributed by atoms with van der Waals surface area (Å²) in [6, 6.07) is 4.13. The lowest BCUT2D eigenvalue weighted by Gasteiger charge is -2.10. The molecule has 2 aromatic heterocycles. The Morgan fingerprint density at radius 1 is 1.39 bits per heavy atom. The Hall–Kier alpha value is -2.27. The number of benzene rings is 1. The summed E-state index contributed by atoms with van der Waals surface area (Å²) in [6.07, 6.45) is 4.85. The van der Waals surface area contributed by atoms with Crippen LogP contribution in [-0.4, -0.2) is 19.5 Å². The summed E-state index contributed by atoms with van der Waals surface area (Å²) in [6.45, 7) is 6.02. The minimum Gasteiger partial charge on any atom is -0.325 e. The first-order valence-corrected chi connectivity index (χ1v) is 7.82. The number of nitrogens with zero attached hydrogens (tertiary/aromatic N) is 4. The van der Waals surface area contributed by atoms with E-state index in [-0.39, 0.29) is 11.0 Å². The Kier molecular flexibility index (Phi) is 3.20. The summed E-state index contributed by atoms with van der Waals surface area (Å²) in [7, 11) is 0. The molecule has 0 unspecified atom stereocenters. The standard InChI is InChI=1S/C17H14ClFN4/c1-3-10-6-11(15-12(19)8-20-17(18)22-15)7-13-16(10)21-14-5-4-9(2)23(13)14/h3,6-9H,1,4-5H2,2H3/t9-/m1/s1. The van der Waals surface area contributed by atoms with Gasteiger partial charge in [-0.15, -0.1) is 0 Å². The molecule has 116 valence electrons. The lowest BCUT2D eigenvalue weighted by molar-refractivity contribution is 0.596. The third kappa shape index (κ3) is 2.15. The van der Waals surface area contributed by atoms with E-state index in [4.69, 9.17) is 16.6 Å². The minimum atomic E-state index is -0.502. The SMILES string of the molecule is C=Cc1cc(-c2nc(Cl)ncc2F)cc2c1nc1n2[C@H](C)CC1. The fourth-order valence-corrected chi connectivity index (χ4v) is 3.38. The van der Waals surface area contributed by atoms with Gasteiger partial charge in [0.15, 0.2) is 5.82 Å². The third-order valence-corrected chi connectivity index (χ3v) is 4.51. The van der Waals surface area contributed by atoms with Gasteiger partial charge >= 0.3 is 0 Å². The van der Waals surface area contributed by atoms with Crippen LogP contribution in [0.4, 0.5) is 4.39 Å². The predicted molar refractivity (Wildman–Crippen MR) is 88.9 cm³/mol. The Morgan fingerprint density at radius 2 is 2.22 bits per heavy atom. The maximum atomic E-state index is 14.1. The van der Waals surface area contributed by atoms with Crippen molar-refractivity contribution in [2.24, 2.45) is 0 Å². The predicted octanol–water partition coefficient (Wildman–Crippen LogP) is 4.44. The lowest BCUT2D eigenvalue weighted by atomic mass is 10.0. The maximum absolute atomic E-state index is 14.1. The van der Waals surface area contributed by atoms with Crippen LogP contribution in [0.2, 0.25) is 5.28 Å². The number of rotatable bonds is 2. The molecule has 3 heterocycles. The van der Waals surface area contributed by atoms with E-state index in [1.165, 1.54) is 0 Å². The highest BCUT2D eigenvalue weighted by Crippen LogP contribution is 2.35. The molecular weight excluding hydrogens is 315 g/mol. The normalized spacial score (nSPS) is 16.7. The number of hydrogen-bond donors (Lipinski definition) is 0. The highest BCUT2D eigenvalue weighted by molar-refractivity contribution is 6.28. The Balaban J connectivity index is 2.03. The van der Waals surface area contributed by atoms with Crippen LogP contribution >= 0.6 is 11.6 Å². The van der Waals surface area contributed by atoms with Crippen molar-refractivity contribution in [2.75, 3.05) is 0 Å². The molecule has 4 nitrogen and oxygen atoms in total. The summed E-state index contributed by atoms with van der Waals surface area (Å²) in [5, 5.41) is 0.0218. The van der Waals surface area contributed by atoms with E-state index < -0.39 is 5.82 Å². The average molecular weight is 329 g/mol. The van der Waals surface area contributed by atoms with Gasteiger partial charge in [-0.05, 0) is 37.1 Å². The van der Waals surface area contributed by atoms with Gasteiger partial charge in [-0.2, -0.15) is 0 Å². The molecule has 3 aromatic rings. The Bertz CT molecular complexity index is 947. The molecule has 0 spiro atoms. The molecule has 1 aromatic carbocycles. The van der Waals surface area contributed by atoms with E-state index in [1.54, 1.807) is 6.08 Å². The van der Waals surface area contributed by atoms with Crippen molar-refractivity contribution in [1.82, 2.24) is 19.5 Å². The van der Waals surface area contributed by atoms with Crippen LogP contribution in [0, 0.1) is 5.82 Å². The Morgan fingerprint density at radius 3 is 3.00 bits per heavy atom. The summed E-state index contributed by atoms with van der Waals surface area (Å²) in [5.41, 5.74) is 3.57. The van der Waals surface area contributed by atoms with E-state index in [0.717, 1.165) is 41.5 Å². The first-order chi connectivity index (χ1) is 11.1. The van der Waals surface area contributed by atoms with Gasteiger partial charge in [0, 0.05) is 23.6 Å². The van der Waals surface area contributed by atoms with Crippen LogP contribution < -0.4 is 0 Å². The van der Waals surface area contributed by atoms with Gasteiger partial charge in [-0.3, -0.25) is 0 Å². The van der Waals surface area contributed by atoms with Crippen LogP contribution in [0.1, 0.15) is 30.8 Å². The van der Waals surface area contributed by atoms with Crippen molar-refractivity contribution in [3.05, 3.63) is 47.4 Å². The summed E-state index contributed by atoms with van der Waals surface area (Å²) in [4.78, 5) is 12.4. The second-order valence-electron chi connectivity index (χ2n) is 5.76. The number of aromatic nitrogens is 4. The smallest absolute Gasteiger partial charge is 0.223 e. The van der Waals surface area contributed by atoms with Crippen molar-refractivity contribution in [1.29, 1.82) is 0 Å². The fraction of sp³-hybridized carbons (Fsp3) is 0.235. The summed E-state index contributed by atoms with van der Waals surface area (Å²) < 4.78 is 16.4. The van der Waals surface area contributed by atoms with Crippen LogP contribution in [0.15, 0.2) is 24.9 Å². The molecule has 0 aliphatic carbocycles. The van der Waals surface area contributed by atoms with Crippen molar-refractivity contribution < 1.29 is 4.39 Å². The second kappa shape index (κ2) is 5.13. The third-order valence-electron chi connectivity index (χ3n) is 4.33. The van der Waals surface area contributed by atoms with Crippen LogP contribution in [0.25, 0.3) is 28.4 Å². The fourth-order valence-electron chi connectivity index (χ4n) is 3.24. The molecule has 0 amide bonds. The van der Waals surface area contributed by atoms with E-state index in [2.05, 4.69) is 28.0 Å². The molecular formula is C17H14ClFN4. The van der Waals surface area contributed by atoms with Crippen molar-refractivity contribution in [2.45, 2.75) is 25.8 Å². The molecule has 1 aliphatic rings. The van der Waals surface area contributed by atoms with Gasteiger partial charge < -0.3 is 4.57 Å². The molecule has 6 heteroatoms. The molecule has 0 saturated heterocycles. The van der Waals surface area contributed by atoms with Crippen molar-refractivity contribution in [3.63, 3.8) is 0 Å². The Labute approximate surface area is 137 Å². The highest BCUT2D eigenvalue weighted by Gasteiger charge is 2.24. The van der Waals surface area contributed by atoms with Crippen LogP contribution in [0.3, 0.4) is 0 Å². The highest BCUT2D eigenvalue weighted by atomic mass is 35.5. The molecule has 0 bridgehead atoms. The largest absolute Gasteiger partial charge is 0.325 e. The molecule has 0 saturated carbocycles. The van der Waals surface area contributed by atoms with Gasteiger partial charge in [0.25, 0.3) is 0 Å².